The Hall–Kier alpha value is -3.72. The molecule has 160 valence electrons. The number of carbonyl (C=O) groups excluding carboxylic acids is 1. The highest BCUT2D eigenvalue weighted by Crippen LogP contribution is 2.31. The summed E-state index contributed by atoms with van der Waals surface area (Å²) < 4.78 is 0. The lowest BCUT2D eigenvalue weighted by atomic mass is 9.79. The number of rotatable bonds is 7. The van der Waals surface area contributed by atoms with Crippen molar-refractivity contribution in [1.82, 2.24) is 4.98 Å². The van der Waals surface area contributed by atoms with Crippen LogP contribution in [0.3, 0.4) is 0 Å². The number of aromatic nitrogens is 1. The largest absolute Gasteiger partial charge is 0.324 e. The molecule has 4 rings (SSSR count). The first-order valence-corrected chi connectivity index (χ1v) is 11.0. The minimum absolute atomic E-state index is 0.00561. The van der Waals surface area contributed by atoms with Crippen LogP contribution in [0, 0.1) is 12.3 Å². The molecule has 0 aliphatic carbocycles. The Morgan fingerprint density at radius 2 is 1.69 bits per heavy atom. The lowest BCUT2D eigenvalue weighted by molar-refractivity contribution is -0.124. The molecule has 0 radical (unpaired) electrons. The topological polar surface area (TPSA) is 42.0 Å². The number of nitrogens with one attached hydrogen (secondary N) is 1. The Morgan fingerprint density at radius 3 is 2.47 bits per heavy atom. The SMILES string of the molecule is Cc1ccc(CC(C)(C/C=C/c2ccccc2)C(=O)Nc2cccc3cccnc23)cc1. The summed E-state index contributed by atoms with van der Waals surface area (Å²) >= 11 is 0. The van der Waals surface area contributed by atoms with Crippen molar-refractivity contribution >= 4 is 28.6 Å². The van der Waals surface area contributed by atoms with Gasteiger partial charge < -0.3 is 5.32 Å². The fourth-order valence-electron chi connectivity index (χ4n) is 3.90. The quantitative estimate of drug-likeness (QED) is 0.356. The first-order valence-electron chi connectivity index (χ1n) is 11.0. The van der Waals surface area contributed by atoms with E-state index >= 15 is 0 Å². The maximum absolute atomic E-state index is 13.6. The first kappa shape index (κ1) is 21.5. The molecule has 3 nitrogen and oxygen atoms in total. The van der Waals surface area contributed by atoms with Crippen LogP contribution in [0.4, 0.5) is 5.69 Å². The average molecular weight is 421 g/mol. The van der Waals surface area contributed by atoms with Gasteiger partial charge >= 0.3 is 0 Å². The van der Waals surface area contributed by atoms with Crippen molar-refractivity contribution in [2.24, 2.45) is 5.41 Å². The van der Waals surface area contributed by atoms with Crippen molar-refractivity contribution in [2.45, 2.75) is 26.7 Å². The second-order valence-electron chi connectivity index (χ2n) is 8.58. The van der Waals surface area contributed by atoms with E-state index in [1.807, 2.05) is 55.5 Å². The van der Waals surface area contributed by atoms with Gasteiger partial charge in [0, 0.05) is 11.6 Å². The molecule has 1 aromatic heterocycles. The molecule has 3 aromatic carbocycles. The fraction of sp³-hybridized carbons (Fsp3) is 0.172. The Balaban J connectivity index is 1.61. The molecule has 1 N–H and O–H groups in total. The van der Waals surface area contributed by atoms with E-state index in [1.165, 1.54) is 5.56 Å². The number of hydrogen-bond acceptors (Lipinski definition) is 2. The van der Waals surface area contributed by atoms with E-state index < -0.39 is 5.41 Å². The van der Waals surface area contributed by atoms with E-state index in [-0.39, 0.29) is 5.91 Å². The molecule has 1 heterocycles. The first-order chi connectivity index (χ1) is 15.5. The van der Waals surface area contributed by atoms with Gasteiger partial charge in [0.15, 0.2) is 0 Å². The number of aryl methyl sites for hydroxylation is 1. The van der Waals surface area contributed by atoms with Crippen molar-refractivity contribution < 1.29 is 4.79 Å². The number of para-hydroxylation sites is 1. The highest BCUT2D eigenvalue weighted by molar-refractivity contribution is 6.02. The second-order valence-corrected chi connectivity index (χ2v) is 8.58. The van der Waals surface area contributed by atoms with E-state index in [1.54, 1.807) is 6.20 Å². The Labute approximate surface area is 189 Å². The number of nitrogens with zero attached hydrogens (tertiary/aromatic N) is 1. The monoisotopic (exact) mass is 420 g/mol. The molecule has 0 aliphatic rings. The highest BCUT2D eigenvalue weighted by atomic mass is 16.2. The molecule has 0 saturated heterocycles. The zero-order chi connectivity index (χ0) is 22.4. The molecular formula is C29H28N2O. The fourth-order valence-corrected chi connectivity index (χ4v) is 3.90. The van der Waals surface area contributed by atoms with Crippen LogP contribution in [0.25, 0.3) is 17.0 Å². The van der Waals surface area contributed by atoms with E-state index in [0.717, 1.165) is 27.7 Å². The number of hydrogen-bond donors (Lipinski definition) is 1. The number of fused-ring (bicyclic) bond motifs is 1. The molecule has 0 fully saturated rings. The molecule has 0 aliphatic heterocycles. The van der Waals surface area contributed by atoms with Gasteiger partial charge in [-0.3, -0.25) is 9.78 Å². The molecule has 4 aromatic rings. The Kier molecular flexibility index (Phi) is 6.46. The summed E-state index contributed by atoms with van der Waals surface area (Å²) in [5.74, 6) is -0.00561. The maximum atomic E-state index is 13.6. The zero-order valence-corrected chi connectivity index (χ0v) is 18.6. The van der Waals surface area contributed by atoms with Crippen LogP contribution in [-0.2, 0) is 11.2 Å². The van der Waals surface area contributed by atoms with E-state index in [4.69, 9.17) is 0 Å². The number of benzene rings is 3. The zero-order valence-electron chi connectivity index (χ0n) is 18.6. The van der Waals surface area contributed by atoms with Crippen LogP contribution in [0.5, 0.6) is 0 Å². The molecule has 1 amide bonds. The maximum Gasteiger partial charge on any atom is 0.231 e. The van der Waals surface area contributed by atoms with Gasteiger partial charge in [0.1, 0.15) is 0 Å². The summed E-state index contributed by atoms with van der Waals surface area (Å²) in [6.45, 7) is 4.11. The molecule has 32 heavy (non-hydrogen) atoms. The lowest BCUT2D eigenvalue weighted by Gasteiger charge is -2.28. The minimum Gasteiger partial charge on any atom is -0.324 e. The summed E-state index contributed by atoms with van der Waals surface area (Å²) in [7, 11) is 0. The van der Waals surface area contributed by atoms with Gasteiger partial charge in [-0.25, -0.2) is 0 Å². The average Bonchev–Trinajstić information content (AvgIpc) is 2.81. The summed E-state index contributed by atoms with van der Waals surface area (Å²) in [6.07, 6.45) is 7.22. The van der Waals surface area contributed by atoms with Crippen LogP contribution in [0.2, 0.25) is 0 Å². The van der Waals surface area contributed by atoms with Crippen LogP contribution >= 0.6 is 0 Å². The van der Waals surface area contributed by atoms with Gasteiger partial charge in [0.2, 0.25) is 5.91 Å². The molecule has 3 heteroatoms. The van der Waals surface area contributed by atoms with Gasteiger partial charge in [0.25, 0.3) is 0 Å². The van der Waals surface area contributed by atoms with Gasteiger partial charge in [-0.2, -0.15) is 0 Å². The lowest BCUT2D eigenvalue weighted by Crippen LogP contribution is -2.35. The van der Waals surface area contributed by atoms with Crippen molar-refractivity contribution in [3.8, 4) is 0 Å². The van der Waals surface area contributed by atoms with Crippen LogP contribution in [-0.4, -0.2) is 10.9 Å². The third-order valence-electron chi connectivity index (χ3n) is 5.82. The molecule has 1 unspecified atom stereocenters. The number of pyridine rings is 1. The third kappa shape index (κ3) is 5.12. The second kappa shape index (κ2) is 9.61. The van der Waals surface area contributed by atoms with Crippen molar-refractivity contribution in [2.75, 3.05) is 5.32 Å². The van der Waals surface area contributed by atoms with Gasteiger partial charge in [-0.15, -0.1) is 0 Å². The summed E-state index contributed by atoms with van der Waals surface area (Å²) in [5.41, 5.74) is 4.43. The summed E-state index contributed by atoms with van der Waals surface area (Å²) in [5, 5.41) is 4.18. The van der Waals surface area contributed by atoms with Gasteiger partial charge in [-0.05, 0) is 43.0 Å². The number of amides is 1. The van der Waals surface area contributed by atoms with Crippen molar-refractivity contribution in [3.63, 3.8) is 0 Å². The smallest absolute Gasteiger partial charge is 0.231 e. The number of carbonyl (C=O) groups is 1. The van der Waals surface area contributed by atoms with Crippen molar-refractivity contribution in [3.05, 3.63) is 114 Å². The van der Waals surface area contributed by atoms with Crippen LogP contribution < -0.4 is 5.32 Å². The Bertz CT molecular complexity index is 1220. The van der Waals surface area contributed by atoms with Crippen LogP contribution in [0.15, 0.2) is 97.2 Å². The molecule has 0 saturated carbocycles. The molecular weight excluding hydrogens is 392 g/mol. The Morgan fingerprint density at radius 1 is 0.938 bits per heavy atom. The predicted octanol–water partition coefficient (Wildman–Crippen LogP) is 6.83. The standard InChI is InChI=1S/C29H28N2O/c1-22-15-17-24(18-16-22)21-29(2,19-7-11-23-9-4-3-5-10-23)28(32)31-26-14-6-12-25-13-8-20-30-27(25)26/h3-18,20H,19,21H2,1-2H3,(H,31,32)/b11-7+. The van der Waals surface area contributed by atoms with E-state index in [2.05, 4.69) is 65.8 Å². The number of anilines is 1. The third-order valence-corrected chi connectivity index (χ3v) is 5.82. The van der Waals surface area contributed by atoms with Gasteiger partial charge in [0.05, 0.1) is 16.6 Å². The number of allylic oxidation sites excluding steroid dienone is 1. The highest BCUT2D eigenvalue weighted by Gasteiger charge is 2.32. The molecule has 1 atom stereocenters. The van der Waals surface area contributed by atoms with Crippen LogP contribution in [0.1, 0.15) is 30.0 Å². The summed E-state index contributed by atoms with van der Waals surface area (Å²) in [6, 6.07) is 28.4. The normalized spacial score (nSPS) is 13.2. The summed E-state index contributed by atoms with van der Waals surface area (Å²) in [4.78, 5) is 18.1. The molecule has 0 spiro atoms. The minimum atomic E-state index is -0.614. The van der Waals surface area contributed by atoms with E-state index in [0.29, 0.717) is 12.8 Å². The van der Waals surface area contributed by atoms with Crippen molar-refractivity contribution in [1.29, 1.82) is 0 Å². The van der Waals surface area contributed by atoms with E-state index in [9.17, 15) is 4.79 Å². The molecule has 0 bridgehead atoms. The predicted molar refractivity (Wildman–Crippen MR) is 133 cm³/mol. The van der Waals surface area contributed by atoms with Gasteiger partial charge in [-0.1, -0.05) is 97.4 Å².